The van der Waals surface area contributed by atoms with Crippen LogP contribution < -0.4 is 20.8 Å². The fourth-order valence-electron chi connectivity index (χ4n) is 1.29. The summed E-state index contributed by atoms with van der Waals surface area (Å²) in [4.78, 5) is 17.4. The van der Waals surface area contributed by atoms with E-state index in [2.05, 4.69) is 9.97 Å². The van der Waals surface area contributed by atoms with Gasteiger partial charge < -0.3 is 20.2 Å². The highest BCUT2D eigenvalue weighted by Crippen LogP contribution is 2.31. The van der Waals surface area contributed by atoms with Crippen LogP contribution in [0.2, 0.25) is 5.02 Å². The molecule has 0 unspecified atom stereocenters. The predicted octanol–water partition coefficient (Wildman–Crippen LogP) is 2.23. The summed E-state index contributed by atoms with van der Waals surface area (Å²) >= 11 is 5.88. The molecule has 102 valence electrons. The molecule has 2 rings (SSSR count). The van der Waals surface area contributed by atoms with E-state index in [0.717, 1.165) is 0 Å². The van der Waals surface area contributed by atoms with Gasteiger partial charge in [-0.05, 0) is 12.1 Å². The number of nitrogens with zero attached hydrogens (tertiary/aromatic N) is 1. The molecule has 1 aromatic heterocycles. The maximum absolute atomic E-state index is 11.3. The van der Waals surface area contributed by atoms with E-state index >= 15 is 0 Å². The number of nitrogens with two attached hydrogens (primary N) is 1. The third kappa shape index (κ3) is 3.30. The molecule has 1 aromatic carbocycles. The van der Waals surface area contributed by atoms with E-state index in [1.165, 1.54) is 13.4 Å². The number of hydrogen-bond acceptors (Lipinski definition) is 5. The molecular formula is C11H11Cl2N3O3. The summed E-state index contributed by atoms with van der Waals surface area (Å²) < 4.78 is 10.4. The van der Waals surface area contributed by atoms with Crippen molar-refractivity contribution >= 4 is 29.7 Å². The minimum Gasteiger partial charge on any atom is -0.495 e. The van der Waals surface area contributed by atoms with Crippen LogP contribution in [0.25, 0.3) is 0 Å². The van der Waals surface area contributed by atoms with Crippen LogP contribution in [-0.4, -0.2) is 17.1 Å². The van der Waals surface area contributed by atoms with Crippen molar-refractivity contribution in [2.75, 3.05) is 12.8 Å². The fourth-order valence-corrected chi connectivity index (χ4v) is 1.49. The Balaban J connectivity index is 0.00000180. The SMILES string of the molecule is COc1cc(Oc2nc[nH]c(=O)c2N)ccc1Cl.Cl. The van der Waals surface area contributed by atoms with Crippen LogP contribution in [0.1, 0.15) is 0 Å². The lowest BCUT2D eigenvalue weighted by molar-refractivity contribution is 0.407. The number of H-pyrrole nitrogens is 1. The van der Waals surface area contributed by atoms with Gasteiger partial charge in [-0.3, -0.25) is 4.79 Å². The molecule has 0 fully saturated rings. The van der Waals surface area contributed by atoms with E-state index in [1.807, 2.05) is 0 Å². The Morgan fingerprint density at radius 3 is 2.84 bits per heavy atom. The number of benzene rings is 1. The second-order valence-electron chi connectivity index (χ2n) is 3.35. The van der Waals surface area contributed by atoms with Crippen molar-refractivity contribution in [1.82, 2.24) is 9.97 Å². The monoisotopic (exact) mass is 303 g/mol. The zero-order valence-corrected chi connectivity index (χ0v) is 11.4. The maximum atomic E-state index is 11.3. The van der Waals surface area contributed by atoms with Gasteiger partial charge in [-0.1, -0.05) is 11.6 Å². The van der Waals surface area contributed by atoms with Crippen LogP contribution in [0.4, 0.5) is 5.69 Å². The smallest absolute Gasteiger partial charge is 0.277 e. The maximum Gasteiger partial charge on any atom is 0.277 e. The number of hydrogen-bond donors (Lipinski definition) is 2. The van der Waals surface area contributed by atoms with Crippen molar-refractivity contribution < 1.29 is 9.47 Å². The van der Waals surface area contributed by atoms with E-state index in [-0.39, 0.29) is 24.0 Å². The van der Waals surface area contributed by atoms with Gasteiger partial charge in [-0.25, -0.2) is 4.98 Å². The molecule has 6 nitrogen and oxygen atoms in total. The Morgan fingerprint density at radius 2 is 2.16 bits per heavy atom. The quantitative estimate of drug-likeness (QED) is 0.907. The minimum atomic E-state index is -0.457. The number of aromatic amines is 1. The van der Waals surface area contributed by atoms with Gasteiger partial charge in [0.1, 0.15) is 11.5 Å². The Morgan fingerprint density at radius 1 is 1.42 bits per heavy atom. The summed E-state index contributed by atoms with van der Waals surface area (Å²) in [5, 5.41) is 0.455. The highest BCUT2D eigenvalue weighted by atomic mass is 35.5. The average Bonchev–Trinajstić information content (AvgIpc) is 2.37. The first kappa shape index (κ1) is 15.1. The Kier molecular flexibility index (Phi) is 5.02. The molecule has 2 aromatic rings. The summed E-state index contributed by atoms with van der Waals surface area (Å²) in [6, 6.07) is 4.80. The molecule has 0 aliphatic heterocycles. The van der Waals surface area contributed by atoms with Crippen LogP contribution in [-0.2, 0) is 0 Å². The predicted molar refractivity (Wildman–Crippen MR) is 74.6 cm³/mol. The van der Waals surface area contributed by atoms with Crippen molar-refractivity contribution in [3.63, 3.8) is 0 Å². The number of methoxy groups -OCH3 is 1. The molecule has 0 spiro atoms. The van der Waals surface area contributed by atoms with Gasteiger partial charge in [-0.2, -0.15) is 0 Å². The highest BCUT2D eigenvalue weighted by Gasteiger charge is 2.09. The molecule has 19 heavy (non-hydrogen) atoms. The molecule has 1 heterocycles. The van der Waals surface area contributed by atoms with Gasteiger partial charge in [0.25, 0.3) is 5.56 Å². The van der Waals surface area contributed by atoms with E-state index in [0.29, 0.717) is 16.5 Å². The van der Waals surface area contributed by atoms with Gasteiger partial charge >= 0.3 is 0 Å². The Labute approximate surface area is 119 Å². The molecular weight excluding hydrogens is 293 g/mol. The number of halogens is 2. The van der Waals surface area contributed by atoms with Gasteiger partial charge in [-0.15, -0.1) is 12.4 Å². The standard InChI is InChI=1S/C11H10ClN3O3.ClH/c1-17-8-4-6(2-3-7(8)12)18-11-9(13)10(16)14-5-15-11;/h2-5H,13H2,1H3,(H,14,15,16);1H. The summed E-state index contributed by atoms with van der Waals surface area (Å²) in [6.07, 6.45) is 1.21. The topological polar surface area (TPSA) is 90.2 Å². The second kappa shape index (κ2) is 6.31. The van der Waals surface area contributed by atoms with Crippen molar-refractivity contribution in [2.45, 2.75) is 0 Å². The molecule has 0 saturated carbocycles. The van der Waals surface area contributed by atoms with Crippen LogP contribution >= 0.6 is 24.0 Å². The lowest BCUT2D eigenvalue weighted by Crippen LogP contribution is -2.13. The van der Waals surface area contributed by atoms with E-state index in [1.54, 1.807) is 18.2 Å². The van der Waals surface area contributed by atoms with Crippen molar-refractivity contribution in [1.29, 1.82) is 0 Å². The normalized spacial score (nSPS) is 9.58. The number of anilines is 1. The third-order valence-corrected chi connectivity index (χ3v) is 2.50. The van der Waals surface area contributed by atoms with Gasteiger partial charge in [0, 0.05) is 6.07 Å². The Bertz CT molecular complexity index is 631. The van der Waals surface area contributed by atoms with Crippen LogP contribution in [0.3, 0.4) is 0 Å². The first-order valence-corrected chi connectivity index (χ1v) is 5.34. The zero-order chi connectivity index (χ0) is 13.1. The van der Waals surface area contributed by atoms with Crippen LogP contribution in [0.15, 0.2) is 29.3 Å². The molecule has 8 heteroatoms. The van der Waals surface area contributed by atoms with Crippen molar-refractivity contribution in [3.8, 4) is 17.4 Å². The zero-order valence-electron chi connectivity index (χ0n) is 9.84. The summed E-state index contributed by atoms with van der Waals surface area (Å²) in [6.45, 7) is 0. The summed E-state index contributed by atoms with van der Waals surface area (Å²) in [7, 11) is 1.49. The lowest BCUT2D eigenvalue weighted by atomic mass is 10.3. The number of nitrogens with one attached hydrogen (secondary N) is 1. The molecule has 0 bridgehead atoms. The van der Waals surface area contributed by atoms with Crippen LogP contribution in [0, 0.1) is 0 Å². The average molecular weight is 304 g/mol. The van der Waals surface area contributed by atoms with Crippen LogP contribution in [0.5, 0.6) is 17.4 Å². The molecule has 0 atom stereocenters. The largest absolute Gasteiger partial charge is 0.495 e. The number of nitrogen functional groups attached to an aromatic ring is 1. The first-order chi connectivity index (χ1) is 8.61. The number of ether oxygens (including phenoxy) is 2. The van der Waals surface area contributed by atoms with Gasteiger partial charge in [0.15, 0.2) is 5.69 Å². The summed E-state index contributed by atoms with van der Waals surface area (Å²) in [5.41, 5.74) is 4.99. The number of rotatable bonds is 3. The van der Waals surface area contributed by atoms with Gasteiger partial charge in [0.05, 0.1) is 18.5 Å². The molecule has 0 amide bonds. The van der Waals surface area contributed by atoms with E-state index in [9.17, 15) is 4.79 Å². The molecule has 3 N–H and O–H groups in total. The lowest BCUT2D eigenvalue weighted by Gasteiger charge is -2.08. The molecule has 0 saturated heterocycles. The van der Waals surface area contributed by atoms with Crippen molar-refractivity contribution in [2.24, 2.45) is 0 Å². The van der Waals surface area contributed by atoms with Crippen molar-refractivity contribution in [3.05, 3.63) is 39.9 Å². The minimum absolute atomic E-state index is 0. The molecule has 0 aliphatic rings. The molecule has 0 aliphatic carbocycles. The highest BCUT2D eigenvalue weighted by molar-refractivity contribution is 6.32. The molecule has 0 radical (unpaired) electrons. The number of aromatic nitrogens is 2. The fraction of sp³-hybridized carbons (Fsp3) is 0.0909. The first-order valence-electron chi connectivity index (χ1n) is 4.96. The second-order valence-corrected chi connectivity index (χ2v) is 3.76. The van der Waals surface area contributed by atoms with E-state index < -0.39 is 5.56 Å². The summed E-state index contributed by atoms with van der Waals surface area (Å²) in [5.74, 6) is 0.904. The Hall–Kier alpha value is -1.92. The van der Waals surface area contributed by atoms with E-state index in [4.69, 9.17) is 26.8 Å². The third-order valence-electron chi connectivity index (χ3n) is 2.19. The van der Waals surface area contributed by atoms with Gasteiger partial charge in [0.2, 0.25) is 5.88 Å².